The monoisotopic (exact) mass is 254 g/mol. The highest BCUT2D eigenvalue weighted by molar-refractivity contribution is 6.30. The quantitative estimate of drug-likeness (QED) is 0.821. The van der Waals surface area contributed by atoms with Crippen LogP contribution in [-0.2, 0) is 4.79 Å². The van der Waals surface area contributed by atoms with Gasteiger partial charge in [-0.15, -0.1) is 0 Å². The van der Waals surface area contributed by atoms with Crippen LogP contribution in [0, 0.1) is 0 Å². The van der Waals surface area contributed by atoms with Crippen LogP contribution in [0.4, 0.5) is 0 Å². The minimum Gasteiger partial charge on any atom is -0.378 e. The second-order valence-electron chi connectivity index (χ2n) is 4.03. The lowest BCUT2D eigenvalue weighted by Crippen LogP contribution is -2.48. The van der Waals surface area contributed by atoms with Crippen molar-refractivity contribution in [3.63, 3.8) is 0 Å². The average molecular weight is 255 g/mol. The molecular weight excluding hydrogens is 240 g/mol. The van der Waals surface area contributed by atoms with Crippen molar-refractivity contribution >= 4 is 17.5 Å². The summed E-state index contributed by atoms with van der Waals surface area (Å²) in [6.07, 6.45) is -1.12. The van der Waals surface area contributed by atoms with Crippen LogP contribution in [0.1, 0.15) is 11.7 Å². The van der Waals surface area contributed by atoms with E-state index in [1.165, 1.54) is 0 Å². The van der Waals surface area contributed by atoms with E-state index in [1.54, 1.807) is 29.2 Å². The third kappa shape index (κ3) is 2.97. The van der Waals surface area contributed by atoms with E-state index >= 15 is 0 Å². The lowest BCUT2D eigenvalue weighted by Gasteiger charge is -2.29. The van der Waals surface area contributed by atoms with Crippen molar-refractivity contribution in [1.29, 1.82) is 0 Å². The molecule has 4 nitrogen and oxygen atoms in total. The van der Waals surface area contributed by atoms with Crippen molar-refractivity contribution in [3.05, 3.63) is 34.9 Å². The van der Waals surface area contributed by atoms with Crippen molar-refractivity contribution in [2.75, 3.05) is 26.2 Å². The van der Waals surface area contributed by atoms with Gasteiger partial charge in [-0.1, -0.05) is 23.7 Å². The van der Waals surface area contributed by atoms with Crippen LogP contribution in [0.2, 0.25) is 5.02 Å². The van der Waals surface area contributed by atoms with Gasteiger partial charge in [0.05, 0.1) is 0 Å². The molecule has 1 aliphatic rings. The fourth-order valence-corrected chi connectivity index (χ4v) is 2.08. The second-order valence-corrected chi connectivity index (χ2v) is 4.47. The molecule has 0 spiro atoms. The van der Waals surface area contributed by atoms with E-state index in [0.29, 0.717) is 23.7 Å². The zero-order valence-electron chi connectivity index (χ0n) is 9.40. The van der Waals surface area contributed by atoms with Gasteiger partial charge in [-0.2, -0.15) is 0 Å². The topological polar surface area (TPSA) is 52.6 Å². The average Bonchev–Trinajstić information content (AvgIpc) is 2.38. The summed E-state index contributed by atoms with van der Waals surface area (Å²) in [5.41, 5.74) is 0.543. The highest BCUT2D eigenvalue weighted by atomic mass is 35.5. The molecule has 0 bridgehead atoms. The Morgan fingerprint density at radius 1 is 1.41 bits per heavy atom. The van der Waals surface area contributed by atoms with Gasteiger partial charge < -0.3 is 15.3 Å². The molecule has 1 amide bonds. The smallest absolute Gasteiger partial charge is 0.256 e. The first kappa shape index (κ1) is 12.4. The Morgan fingerprint density at radius 3 is 2.76 bits per heavy atom. The molecule has 1 unspecified atom stereocenters. The Balaban J connectivity index is 2.08. The molecule has 17 heavy (non-hydrogen) atoms. The van der Waals surface area contributed by atoms with Crippen LogP contribution in [0.25, 0.3) is 0 Å². The number of aliphatic hydroxyl groups excluding tert-OH is 1. The number of amides is 1. The lowest BCUT2D eigenvalue weighted by atomic mass is 10.1. The number of hydrogen-bond acceptors (Lipinski definition) is 3. The van der Waals surface area contributed by atoms with E-state index in [9.17, 15) is 9.90 Å². The van der Waals surface area contributed by atoms with Crippen LogP contribution in [0.5, 0.6) is 0 Å². The van der Waals surface area contributed by atoms with Gasteiger partial charge in [-0.25, -0.2) is 0 Å². The van der Waals surface area contributed by atoms with Crippen LogP contribution < -0.4 is 5.32 Å². The molecule has 1 atom stereocenters. The number of aliphatic hydroxyl groups is 1. The maximum atomic E-state index is 12.0. The highest BCUT2D eigenvalue weighted by Gasteiger charge is 2.24. The number of rotatable bonds is 2. The van der Waals surface area contributed by atoms with E-state index in [2.05, 4.69) is 5.32 Å². The van der Waals surface area contributed by atoms with Crippen molar-refractivity contribution in [3.8, 4) is 0 Å². The Hall–Kier alpha value is -1.10. The van der Waals surface area contributed by atoms with Gasteiger partial charge in [-0.3, -0.25) is 4.79 Å². The first-order valence-corrected chi connectivity index (χ1v) is 5.99. The summed E-state index contributed by atoms with van der Waals surface area (Å²) in [4.78, 5) is 13.7. The summed E-state index contributed by atoms with van der Waals surface area (Å²) in [5.74, 6) is -0.256. The van der Waals surface area contributed by atoms with Crippen molar-refractivity contribution in [2.45, 2.75) is 6.10 Å². The van der Waals surface area contributed by atoms with Crippen LogP contribution in [0.15, 0.2) is 24.3 Å². The Labute approximate surface area is 105 Å². The Morgan fingerprint density at radius 2 is 2.12 bits per heavy atom. The molecular formula is C12H15ClN2O2. The zero-order chi connectivity index (χ0) is 12.3. The van der Waals surface area contributed by atoms with Crippen LogP contribution in [-0.4, -0.2) is 42.1 Å². The maximum absolute atomic E-state index is 12.0. The fourth-order valence-electron chi connectivity index (χ4n) is 1.88. The molecule has 1 aromatic carbocycles. The van der Waals surface area contributed by atoms with Gasteiger partial charge in [0.15, 0.2) is 6.10 Å². The van der Waals surface area contributed by atoms with Gasteiger partial charge in [-0.05, 0) is 17.7 Å². The second kappa shape index (κ2) is 5.49. The molecule has 1 fully saturated rings. The predicted octanol–water partition coefficient (Wildman–Crippen LogP) is 0.805. The fraction of sp³-hybridized carbons (Fsp3) is 0.417. The number of hydrogen-bond donors (Lipinski definition) is 2. The van der Waals surface area contributed by atoms with Gasteiger partial charge in [0.1, 0.15) is 0 Å². The van der Waals surface area contributed by atoms with Crippen LogP contribution in [0.3, 0.4) is 0 Å². The van der Waals surface area contributed by atoms with Crippen molar-refractivity contribution in [2.24, 2.45) is 0 Å². The number of nitrogens with one attached hydrogen (secondary N) is 1. The maximum Gasteiger partial charge on any atom is 0.256 e. The number of carbonyl (C=O) groups excluding carboxylic acids is 1. The van der Waals surface area contributed by atoms with E-state index < -0.39 is 6.10 Å². The first-order valence-electron chi connectivity index (χ1n) is 5.61. The standard InChI is InChI=1S/C12H15ClN2O2/c13-10-3-1-2-9(8-10)11(16)12(17)15-6-4-14-5-7-15/h1-3,8,11,14,16H,4-7H2. The normalized spacial score (nSPS) is 17.9. The molecule has 5 heteroatoms. The van der Waals surface area contributed by atoms with E-state index in [1.807, 2.05) is 0 Å². The predicted molar refractivity (Wildman–Crippen MR) is 65.9 cm³/mol. The summed E-state index contributed by atoms with van der Waals surface area (Å²) in [6, 6.07) is 6.77. The van der Waals surface area contributed by atoms with Gasteiger partial charge in [0.2, 0.25) is 0 Å². The molecule has 92 valence electrons. The lowest BCUT2D eigenvalue weighted by molar-refractivity contribution is -0.141. The van der Waals surface area contributed by atoms with Gasteiger partial charge in [0.25, 0.3) is 5.91 Å². The number of piperazine rings is 1. The summed E-state index contributed by atoms with van der Waals surface area (Å²) >= 11 is 5.83. The molecule has 0 radical (unpaired) electrons. The molecule has 0 aliphatic carbocycles. The van der Waals surface area contributed by atoms with Crippen LogP contribution >= 0.6 is 11.6 Å². The largest absolute Gasteiger partial charge is 0.378 e. The number of halogens is 1. The molecule has 2 N–H and O–H groups in total. The molecule has 1 aromatic rings. The summed E-state index contributed by atoms with van der Waals surface area (Å²) in [6.45, 7) is 2.81. The molecule has 0 saturated carbocycles. The third-order valence-corrected chi connectivity index (χ3v) is 3.06. The molecule has 1 saturated heterocycles. The summed E-state index contributed by atoms with van der Waals surface area (Å²) in [5, 5.41) is 13.7. The molecule has 2 rings (SSSR count). The van der Waals surface area contributed by atoms with E-state index in [4.69, 9.17) is 11.6 Å². The number of benzene rings is 1. The van der Waals surface area contributed by atoms with E-state index in [0.717, 1.165) is 13.1 Å². The Kier molecular flexibility index (Phi) is 3.99. The molecule has 1 aliphatic heterocycles. The molecule has 1 heterocycles. The minimum atomic E-state index is -1.12. The molecule has 0 aromatic heterocycles. The van der Waals surface area contributed by atoms with Crippen molar-refractivity contribution < 1.29 is 9.90 Å². The summed E-state index contributed by atoms with van der Waals surface area (Å²) < 4.78 is 0. The first-order chi connectivity index (χ1) is 8.18. The van der Waals surface area contributed by atoms with Gasteiger partial charge >= 0.3 is 0 Å². The number of carbonyl (C=O) groups is 1. The summed E-state index contributed by atoms with van der Waals surface area (Å²) in [7, 11) is 0. The zero-order valence-corrected chi connectivity index (χ0v) is 10.2. The van der Waals surface area contributed by atoms with Gasteiger partial charge in [0, 0.05) is 31.2 Å². The van der Waals surface area contributed by atoms with Crippen molar-refractivity contribution in [1.82, 2.24) is 10.2 Å². The SMILES string of the molecule is O=C(C(O)c1cccc(Cl)c1)N1CCNCC1. The third-order valence-electron chi connectivity index (χ3n) is 2.83. The number of nitrogens with zero attached hydrogens (tertiary/aromatic N) is 1. The minimum absolute atomic E-state index is 0.256. The Bertz CT molecular complexity index is 405. The van der Waals surface area contributed by atoms with E-state index in [-0.39, 0.29) is 5.91 Å². The highest BCUT2D eigenvalue weighted by Crippen LogP contribution is 2.19.